The fourth-order valence-corrected chi connectivity index (χ4v) is 4.81. The molecule has 17 heavy (non-hydrogen) atoms. The highest BCUT2D eigenvalue weighted by Gasteiger charge is 2.26. The molecule has 2 N–H and O–H groups in total. The molecular weight excluding hydrogens is 262 g/mol. The van der Waals surface area contributed by atoms with Crippen molar-refractivity contribution in [2.24, 2.45) is 5.73 Å². The molecule has 102 valence electrons. The molecule has 5 nitrogen and oxygen atoms in total. The number of sulfone groups is 2. The third-order valence-electron chi connectivity index (χ3n) is 2.34. The van der Waals surface area contributed by atoms with E-state index in [1.54, 1.807) is 0 Å². The highest BCUT2D eigenvalue weighted by atomic mass is 32.3. The van der Waals surface area contributed by atoms with Gasteiger partial charge in [-0.3, -0.25) is 0 Å². The summed E-state index contributed by atoms with van der Waals surface area (Å²) in [5, 5.41) is 0. The predicted octanol–water partition coefficient (Wildman–Crippen LogP) is 0.826. The fraction of sp³-hybridized carbons (Fsp3) is 0.800. The summed E-state index contributed by atoms with van der Waals surface area (Å²) in [6.07, 6.45) is 3.18. The van der Waals surface area contributed by atoms with Crippen LogP contribution < -0.4 is 5.73 Å². The monoisotopic (exact) mass is 283 g/mol. The van der Waals surface area contributed by atoms with Crippen LogP contribution in [0.2, 0.25) is 0 Å². The second-order valence-corrected chi connectivity index (χ2v) is 8.37. The molecule has 0 aromatic rings. The molecule has 0 saturated heterocycles. The molecule has 0 fully saturated rings. The highest BCUT2D eigenvalue weighted by Crippen LogP contribution is 2.18. The Kier molecular flexibility index (Phi) is 6.96. The molecule has 0 heterocycles. The summed E-state index contributed by atoms with van der Waals surface area (Å²) < 4.78 is 46.4. The summed E-state index contributed by atoms with van der Waals surface area (Å²) in [7, 11) is -7.35. The van der Waals surface area contributed by atoms with Crippen molar-refractivity contribution in [3.05, 3.63) is 10.3 Å². The van der Waals surface area contributed by atoms with Crippen molar-refractivity contribution in [2.75, 3.05) is 18.1 Å². The number of rotatable bonds is 8. The van der Waals surface area contributed by atoms with Crippen molar-refractivity contribution in [1.82, 2.24) is 0 Å². The number of allylic oxidation sites excluding steroid dienone is 1. The van der Waals surface area contributed by atoms with Crippen LogP contribution >= 0.6 is 0 Å². The van der Waals surface area contributed by atoms with Gasteiger partial charge in [0.1, 0.15) is 0 Å². The average molecular weight is 283 g/mol. The van der Waals surface area contributed by atoms with E-state index in [2.05, 4.69) is 0 Å². The lowest BCUT2D eigenvalue weighted by molar-refractivity contribution is 0.596. The summed E-state index contributed by atoms with van der Waals surface area (Å²) in [6.45, 7) is 3.40. The van der Waals surface area contributed by atoms with Gasteiger partial charge in [0.15, 0.2) is 23.9 Å². The first-order chi connectivity index (χ1) is 7.81. The van der Waals surface area contributed by atoms with E-state index in [-0.39, 0.29) is 11.5 Å². The minimum absolute atomic E-state index is 0.199. The van der Waals surface area contributed by atoms with Gasteiger partial charge in [0.25, 0.3) is 0 Å². The van der Waals surface area contributed by atoms with Gasteiger partial charge < -0.3 is 5.73 Å². The van der Waals surface area contributed by atoms with Crippen LogP contribution in [0.5, 0.6) is 0 Å². The topological polar surface area (TPSA) is 94.3 Å². The van der Waals surface area contributed by atoms with Crippen LogP contribution in [0.3, 0.4) is 0 Å². The smallest absolute Gasteiger partial charge is 0.188 e. The number of hydrogen-bond acceptors (Lipinski definition) is 5. The zero-order valence-electron chi connectivity index (χ0n) is 10.3. The molecule has 0 aromatic carbocycles. The van der Waals surface area contributed by atoms with Gasteiger partial charge in [-0.15, -0.1) is 0 Å². The molecule has 0 aliphatic heterocycles. The second-order valence-electron chi connectivity index (χ2n) is 3.61. The minimum Gasteiger partial charge on any atom is -0.330 e. The Morgan fingerprint density at radius 3 is 1.82 bits per heavy atom. The molecule has 7 heteroatoms. The Labute approximate surface area is 104 Å². The Morgan fingerprint density at radius 2 is 1.47 bits per heavy atom. The molecule has 0 aromatic heterocycles. The minimum atomic E-state index is -3.68. The molecule has 0 aliphatic carbocycles. The molecule has 0 aliphatic rings. The third-order valence-corrected chi connectivity index (χ3v) is 6.95. The predicted molar refractivity (Wildman–Crippen MR) is 69.9 cm³/mol. The Hall–Kier alpha value is -0.400. The standard InChI is InChI=1S/C10H21NO4S2/c1-3-16(12,13)10(17(14,15)4-2)8-6-5-7-9-11/h8H,3-7,9,11H2,1-2H3. The van der Waals surface area contributed by atoms with Gasteiger partial charge in [0.2, 0.25) is 0 Å². The van der Waals surface area contributed by atoms with Crippen LogP contribution in [0.1, 0.15) is 33.1 Å². The molecule has 0 bridgehead atoms. The summed E-state index contributed by atoms with van der Waals surface area (Å²) >= 11 is 0. The highest BCUT2D eigenvalue weighted by molar-refractivity contribution is 8.14. The summed E-state index contributed by atoms with van der Waals surface area (Å²) in [6, 6.07) is 0. The number of unbranched alkanes of at least 4 members (excludes halogenated alkanes) is 2. The van der Waals surface area contributed by atoms with E-state index in [9.17, 15) is 16.8 Å². The lowest BCUT2D eigenvalue weighted by Gasteiger charge is -2.07. The van der Waals surface area contributed by atoms with Crippen molar-refractivity contribution in [1.29, 1.82) is 0 Å². The van der Waals surface area contributed by atoms with Crippen LogP contribution in [-0.4, -0.2) is 34.9 Å². The summed E-state index contributed by atoms with van der Waals surface area (Å²) in [5.74, 6) is -0.399. The maximum absolute atomic E-state index is 11.7. The van der Waals surface area contributed by atoms with Crippen molar-refractivity contribution in [3.8, 4) is 0 Å². The first-order valence-corrected chi connectivity index (χ1v) is 8.98. The largest absolute Gasteiger partial charge is 0.330 e. The molecule has 0 atom stereocenters. The number of nitrogens with two attached hydrogens (primary N) is 1. The zero-order valence-corrected chi connectivity index (χ0v) is 12.0. The van der Waals surface area contributed by atoms with Gasteiger partial charge >= 0.3 is 0 Å². The van der Waals surface area contributed by atoms with Gasteiger partial charge in [-0.25, -0.2) is 16.8 Å². The quantitative estimate of drug-likeness (QED) is 0.666. The van der Waals surface area contributed by atoms with E-state index in [1.165, 1.54) is 19.9 Å². The molecule has 0 radical (unpaired) electrons. The van der Waals surface area contributed by atoms with E-state index in [1.807, 2.05) is 0 Å². The van der Waals surface area contributed by atoms with Crippen LogP contribution in [0, 0.1) is 0 Å². The van der Waals surface area contributed by atoms with E-state index in [0.717, 1.165) is 6.42 Å². The van der Waals surface area contributed by atoms with E-state index >= 15 is 0 Å². The van der Waals surface area contributed by atoms with Crippen molar-refractivity contribution in [2.45, 2.75) is 33.1 Å². The van der Waals surface area contributed by atoms with Gasteiger partial charge in [-0.2, -0.15) is 0 Å². The van der Waals surface area contributed by atoms with Gasteiger partial charge in [0.05, 0.1) is 11.5 Å². The zero-order chi connectivity index (χ0) is 13.5. The normalized spacial score (nSPS) is 12.4. The SMILES string of the molecule is CCS(=O)(=O)C(=CCCCCN)S(=O)(=O)CC. The van der Waals surface area contributed by atoms with Crippen molar-refractivity contribution in [3.63, 3.8) is 0 Å². The van der Waals surface area contributed by atoms with Gasteiger partial charge in [-0.1, -0.05) is 19.9 Å². The van der Waals surface area contributed by atoms with Crippen molar-refractivity contribution >= 4 is 19.7 Å². The van der Waals surface area contributed by atoms with Gasteiger partial charge in [-0.05, 0) is 25.8 Å². The Balaban J connectivity index is 5.16. The molecular formula is C10H21NO4S2. The molecule has 0 unspecified atom stereocenters. The number of hydrogen-bond donors (Lipinski definition) is 1. The molecule has 0 spiro atoms. The Morgan fingerprint density at radius 1 is 1.00 bits per heavy atom. The third kappa shape index (κ3) is 5.18. The lowest BCUT2D eigenvalue weighted by Crippen LogP contribution is -2.17. The lowest BCUT2D eigenvalue weighted by atomic mass is 10.2. The van der Waals surface area contributed by atoms with Crippen molar-refractivity contribution < 1.29 is 16.8 Å². The summed E-state index contributed by atoms with van der Waals surface area (Å²) in [5.41, 5.74) is 5.31. The maximum atomic E-state index is 11.7. The second kappa shape index (κ2) is 7.13. The molecule has 0 amide bonds. The van der Waals surface area contributed by atoms with Crippen LogP contribution in [-0.2, 0) is 19.7 Å². The van der Waals surface area contributed by atoms with E-state index < -0.39 is 23.9 Å². The fourth-order valence-electron chi connectivity index (χ4n) is 1.24. The average Bonchev–Trinajstić information content (AvgIpc) is 2.28. The van der Waals surface area contributed by atoms with E-state index in [4.69, 9.17) is 5.73 Å². The molecule has 0 saturated carbocycles. The van der Waals surface area contributed by atoms with Crippen LogP contribution in [0.4, 0.5) is 0 Å². The van der Waals surface area contributed by atoms with E-state index in [0.29, 0.717) is 19.4 Å². The maximum Gasteiger partial charge on any atom is 0.188 e. The molecule has 0 rings (SSSR count). The van der Waals surface area contributed by atoms with Gasteiger partial charge in [0, 0.05) is 0 Å². The summed E-state index contributed by atoms with van der Waals surface area (Å²) in [4.78, 5) is 0. The van der Waals surface area contributed by atoms with Crippen LogP contribution in [0.15, 0.2) is 10.3 Å². The Bertz CT molecular complexity index is 413. The first-order valence-electron chi connectivity index (χ1n) is 5.67. The first kappa shape index (κ1) is 16.6. The van der Waals surface area contributed by atoms with Crippen LogP contribution in [0.25, 0.3) is 0 Å².